The Labute approximate surface area is 144 Å². The van der Waals surface area contributed by atoms with Gasteiger partial charge < -0.3 is 9.32 Å². The Morgan fingerprint density at radius 2 is 1.88 bits per heavy atom. The summed E-state index contributed by atoms with van der Waals surface area (Å²) in [6.45, 7) is 9.83. The fourth-order valence-electron chi connectivity index (χ4n) is 2.61. The second-order valence-corrected chi connectivity index (χ2v) is 6.35. The highest BCUT2D eigenvalue weighted by Gasteiger charge is 2.16. The van der Waals surface area contributed by atoms with Crippen molar-refractivity contribution >= 4 is 5.91 Å². The minimum atomic E-state index is 0.0190. The van der Waals surface area contributed by atoms with Crippen LogP contribution in [0.1, 0.15) is 49.0 Å². The van der Waals surface area contributed by atoms with Gasteiger partial charge in [-0.25, -0.2) is 0 Å². The van der Waals surface area contributed by atoms with E-state index in [9.17, 15) is 4.79 Å². The van der Waals surface area contributed by atoms with E-state index in [0.717, 1.165) is 30.0 Å². The smallest absolute Gasteiger partial charge is 0.236 e. The fourth-order valence-corrected chi connectivity index (χ4v) is 2.61. The molecule has 24 heavy (non-hydrogen) atoms. The molecule has 0 aliphatic rings. The molecule has 0 aliphatic carbocycles. The number of aryl methyl sites for hydroxylation is 2. The number of furan rings is 1. The number of hydrogen-bond donors (Lipinski definition) is 1. The lowest BCUT2D eigenvalue weighted by Gasteiger charge is -2.23. The zero-order chi connectivity index (χ0) is 17.5. The first kappa shape index (κ1) is 18.3. The molecule has 0 radical (unpaired) electrons. The third-order valence-electron chi connectivity index (χ3n) is 4.09. The monoisotopic (exact) mass is 328 g/mol. The van der Waals surface area contributed by atoms with Gasteiger partial charge in [0.05, 0.1) is 12.6 Å². The molecule has 0 aliphatic heterocycles. The largest absolute Gasteiger partial charge is 0.465 e. The summed E-state index contributed by atoms with van der Waals surface area (Å²) in [7, 11) is 0. The van der Waals surface area contributed by atoms with Crippen LogP contribution in [0.5, 0.6) is 0 Å². The van der Waals surface area contributed by atoms with Gasteiger partial charge in [0.1, 0.15) is 11.5 Å². The number of rotatable bonds is 8. The zero-order valence-electron chi connectivity index (χ0n) is 15.1. The van der Waals surface area contributed by atoms with Crippen molar-refractivity contribution in [3.05, 3.63) is 59.0 Å². The van der Waals surface area contributed by atoms with E-state index in [-0.39, 0.29) is 11.9 Å². The van der Waals surface area contributed by atoms with Gasteiger partial charge in [-0.15, -0.1) is 0 Å². The molecule has 0 saturated carbocycles. The highest BCUT2D eigenvalue weighted by atomic mass is 16.3. The quantitative estimate of drug-likeness (QED) is 0.797. The lowest BCUT2D eigenvalue weighted by atomic mass is 10.1. The predicted molar refractivity (Wildman–Crippen MR) is 96.7 cm³/mol. The van der Waals surface area contributed by atoms with Crippen LogP contribution in [0.3, 0.4) is 0 Å². The molecule has 1 aromatic heterocycles. The molecule has 0 fully saturated rings. The Hall–Kier alpha value is -2.07. The van der Waals surface area contributed by atoms with Gasteiger partial charge >= 0.3 is 0 Å². The molecule has 0 spiro atoms. The fraction of sp³-hybridized carbons (Fsp3) is 0.450. The molecule has 1 unspecified atom stereocenters. The van der Waals surface area contributed by atoms with E-state index in [1.54, 1.807) is 0 Å². The second-order valence-electron chi connectivity index (χ2n) is 6.35. The average Bonchev–Trinajstić information content (AvgIpc) is 3.00. The molecule has 4 heteroatoms. The Kier molecular flexibility index (Phi) is 6.62. The summed E-state index contributed by atoms with van der Waals surface area (Å²) in [6, 6.07) is 12.3. The Bertz CT molecular complexity index is 646. The summed E-state index contributed by atoms with van der Waals surface area (Å²) in [5, 5.41) is 3.26. The summed E-state index contributed by atoms with van der Waals surface area (Å²) < 4.78 is 5.60. The van der Waals surface area contributed by atoms with Crippen molar-refractivity contribution in [1.82, 2.24) is 10.2 Å². The molecule has 1 aromatic carbocycles. The molecular formula is C20H28N2O2. The molecule has 130 valence electrons. The molecule has 0 bridgehead atoms. The normalized spacial score (nSPS) is 12.2. The van der Waals surface area contributed by atoms with Crippen molar-refractivity contribution in [3.8, 4) is 0 Å². The summed E-state index contributed by atoms with van der Waals surface area (Å²) in [6.07, 6.45) is 0.949. The Balaban J connectivity index is 1.91. The van der Waals surface area contributed by atoms with E-state index < -0.39 is 0 Å². The molecule has 2 aromatic rings. The predicted octanol–water partition coefficient (Wildman–Crippen LogP) is 3.99. The second kappa shape index (κ2) is 8.69. The maximum Gasteiger partial charge on any atom is 0.236 e. The molecule has 1 heterocycles. The first-order chi connectivity index (χ1) is 11.5. The molecule has 1 N–H and O–H groups in total. The van der Waals surface area contributed by atoms with Crippen molar-refractivity contribution in [2.24, 2.45) is 0 Å². The van der Waals surface area contributed by atoms with Gasteiger partial charge in [-0.05, 0) is 44.9 Å². The van der Waals surface area contributed by atoms with Gasteiger partial charge in [0.15, 0.2) is 0 Å². The van der Waals surface area contributed by atoms with Gasteiger partial charge in [-0.1, -0.05) is 36.8 Å². The van der Waals surface area contributed by atoms with Crippen molar-refractivity contribution in [3.63, 3.8) is 0 Å². The lowest BCUT2D eigenvalue weighted by molar-refractivity contribution is -0.131. The van der Waals surface area contributed by atoms with E-state index >= 15 is 0 Å². The van der Waals surface area contributed by atoms with Crippen LogP contribution in [0.25, 0.3) is 0 Å². The van der Waals surface area contributed by atoms with E-state index in [2.05, 4.69) is 43.4 Å². The minimum Gasteiger partial charge on any atom is -0.465 e. The standard InChI is InChI=1S/C20H28N2O2/c1-5-12-22(14-18-9-6-15(2)7-10-18)20(23)13-21-17(4)19-11-8-16(3)24-19/h6-11,17,21H,5,12-14H2,1-4H3. The van der Waals surface area contributed by atoms with Crippen LogP contribution in [0.15, 0.2) is 40.8 Å². The van der Waals surface area contributed by atoms with Gasteiger partial charge in [0, 0.05) is 13.1 Å². The Morgan fingerprint density at radius 1 is 1.17 bits per heavy atom. The van der Waals surface area contributed by atoms with Crippen molar-refractivity contribution in [2.75, 3.05) is 13.1 Å². The van der Waals surface area contributed by atoms with Gasteiger partial charge in [0.25, 0.3) is 0 Å². The van der Waals surface area contributed by atoms with Gasteiger partial charge in [0.2, 0.25) is 5.91 Å². The number of nitrogens with one attached hydrogen (secondary N) is 1. The van der Waals surface area contributed by atoms with Crippen molar-refractivity contribution in [1.29, 1.82) is 0 Å². The molecule has 1 amide bonds. The molecule has 1 atom stereocenters. The van der Waals surface area contributed by atoms with Crippen LogP contribution in [-0.2, 0) is 11.3 Å². The summed E-state index contributed by atoms with van der Waals surface area (Å²) >= 11 is 0. The number of carbonyl (C=O) groups excluding carboxylic acids is 1. The van der Waals surface area contributed by atoms with E-state index in [1.165, 1.54) is 5.56 Å². The molecule has 4 nitrogen and oxygen atoms in total. The number of amides is 1. The topological polar surface area (TPSA) is 45.5 Å². The van der Waals surface area contributed by atoms with Gasteiger partial charge in [-0.3, -0.25) is 10.1 Å². The Morgan fingerprint density at radius 3 is 2.46 bits per heavy atom. The van der Waals surface area contributed by atoms with Crippen molar-refractivity contribution in [2.45, 2.75) is 46.7 Å². The zero-order valence-corrected chi connectivity index (χ0v) is 15.1. The van der Waals surface area contributed by atoms with Crippen LogP contribution >= 0.6 is 0 Å². The summed E-state index contributed by atoms with van der Waals surface area (Å²) in [4.78, 5) is 14.5. The van der Waals surface area contributed by atoms with Crippen LogP contribution in [-0.4, -0.2) is 23.9 Å². The third kappa shape index (κ3) is 5.24. The lowest BCUT2D eigenvalue weighted by Crippen LogP contribution is -2.39. The molecule has 0 saturated heterocycles. The molecule has 2 rings (SSSR count). The minimum absolute atomic E-state index is 0.0190. The van der Waals surface area contributed by atoms with Crippen LogP contribution < -0.4 is 5.32 Å². The SMILES string of the molecule is CCCN(Cc1ccc(C)cc1)C(=O)CNC(C)c1ccc(C)o1. The summed E-state index contributed by atoms with van der Waals surface area (Å²) in [5.41, 5.74) is 2.40. The van der Waals surface area contributed by atoms with E-state index in [1.807, 2.05) is 30.9 Å². The maximum atomic E-state index is 12.6. The summed E-state index contributed by atoms with van der Waals surface area (Å²) in [5.74, 6) is 1.87. The number of carbonyl (C=O) groups is 1. The van der Waals surface area contributed by atoms with Crippen LogP contribution in [0.2, 0.25) is 0 Å². The maximum absolute atomic E-state index is 12.6. The van der Waals surface area contributed by atoms with E-state index in [4.69, 9.17) is 4.42 Å². The number of hydrogen-bond acceptors (Lipinski definition) is 3. The van der Waals surface area contributed by atoms with Crippen LogP contribution in [0.4, 0.5) is 0 Å². The first-order valence-electron chi connectivity index (χ1n) is 8.62. The van der Waals surface area contributed by atoms with Crippen LogP contribution in [0, 0.1) is 13.8 Å². The average molecular weight is 328 g/mol. The highest BCUT2D eigenvalue weighted by molar-refractivity contribution is 5.78. The molecular weight excluding hydrogens is 300 g/mol. The van der Waals surface area contributed by atoms with Gasteiger partial charge in [-0.2, -0.15) is 0 Å². The third-order valence-corrected chi connectivity index (χ3v) is 4.09. The van der Waals surface area contributed by atoms with Crippen molar-refractivity contribution < 1.29 is 9.21 Å². The highest BCUT2D eigenvalue weighted by Crippen LogP contribution is 2.15. The number of benzene rings is 1. The number of nitrogens with zero attached hydrogens (tertiary/aromatic N) is 1. The van der Waals surface area contributed by atoms with E-state index in [0.29, 0.717) is 13.1 Å². The first-order valence-corrected chi connectivity index (χ1v) is 8.62.